The molecule has 0 atom stereocenters. The number of carbonyl (C=O) groups excluding carboxylic acids is 2. The largest absolute Gasteiger partial charge is 0.419 e. The minimum absolute atomic E-state index is 0.109. The van der Waals surface area contributed by atoms with Crippen molar-refractivity contribution in [1.29, 1.82) is 0 Å². The van der Waals surface area contributed by atoms with Gasteiger partial charge < -0.3 is 20.9 Å². The van der Waals surface area contributed by atoms with Gasteiger partial charge in [0.1, 0.15) is 0 Å². The summed E-state index contributed by atoms with van der Waals surface area (Å²) in [6.07, 6.45) is 0. The van der Waals surface area contributed by atoms with Gasteiger partial charge in [-0.05, 0) is 42.5 Å². The fourth-order valence-electron chi connectivity index (χ4n) is 2.28. The Morgan fingerprint density at radius 3 is 1.96 bits per heavy atom. The van der Waals surface area contributed by atoms with Crippen molar-refractivity contribution in [2.45, 2.75) is 0 Å². The number of nitrogens with two attached hydrogens (primary N) is 2. The minimum Gasteiger partial charge on any atom is -0.419 e. The zero-order valence-electron chi connectivity index (χ0n) is 13.7. The monoisotopic (exact) mass is 348 g/mol. The van der Waals surface area contributed by atoms with Crippen molar-refractivity contribution in [3.8, 4) is 11.5 Å². The SMILES string of the molecule is Nc1cccc(C(=O)Oc2ccccc2OC(=O)c2ccccc2N)c1. The molecule has 0 amide bonds. The van der Waals surface area contributed by atoms with Gasteiger partial charge in [-0.3, -0.25) is 0 Å². The molecule has 26 heavy (non-hydrogen) atoms. The molecule has 6 heteroatoms. The van der Waals surface area contributed by atoms with Crippen LogP contribution in [0.3, 0.4) is 0 Å². The van der Waals surface area contributed by atoms with Crippen LogP contribution in [0.15, 0.2) is 72.8 Å². The summed E-state index contributed by atoms with van der Waals surface area (Å²) in [4.78, 5) is 24.6. The van der Waals surface area contributed by atoms with E-state index in [0.717, 1.165) is 0 Å². The van der Waals surface area contributed by atoms with Crippen LogP contribution in [-0.4, -0.2) is 11.9 Å². The van der Waals surface area contributed by atoms with E-state index < -0.39 is 11.9 Å². The van der Waals surface area contributed by atoms with Gasteiger partial charge in [-0.15, -0.1) is 0 Å². The van der Waals surface area contributed by atoms with Gasteiger partial charge in [0.25, 0.3) is 0 Å². The zero-order valence-corrected chi connectivity index (χ0v) is 13.7. The lowest BCUT2D eigenvalue weighted by molar-refractivity contribution is 0.0683. The number of ether oxygens (including phenoxy) is 2. The van der Waals surface area contributed by atoms with Crippen molar-refractivity contribution in [3.63, 3.8) is 0 Å². The van der Waals surface area contributed by atoms with Crippen LogP contribution < -0.4 is 20.9 Å². The number of benzene rings is 3. The van der Waals surface area contributed by atoms with Gasteiger partial charge in [0.2, 0.25) is 0 Å². The first-order valence-electron chi connectivity index (χ1n) is 7.78. The first-order valence-corrected chi connectivity index (χ1v) is 7.78. The molecule has 0 spiro atoms. The average molecular weight is 348 g/mol. The molecular formula is C20H16N2O4. The lowest BCUT2D eigenvalue weighted by Gasteiger charge is -2.11. The maximum absolute atomic E-state index is 12.3. The molecule has 0 saturated heterocycles. The highest BCUT2D eigenvalue weighted by molar-refractivity contribution is 5.97. The van der Waals surface area contributed by atoms with E-state index in [9.17, 15) is 9.59 Å². The van der Waals surface area contributed by atoms with Crippen molar-refractivity contribution in [2.24, 2.45) is 0 Å². The van der Waals surface area contributed by atoms with Crippen molar-refractivity contribution in [1.82, 2.24) is 0 Å². The summed E-state index contributed by atoms with van der Waals surface area (Å²) in [6.45, 7) is 0. The van der Waals surface area contributed by atoms with E-state index in [2.05, 4.69) is 0 Å². The molecule has 0 aliphatic heterocycles. The summed E-state index contributed by atoms with van der Waals surface area (Å²) in [5.41, 5.74) is 12.7. The van der Waals surface area contributed by atoms with Crippen molar-refractivity contribution in [2.75, 3.05) is 11.5 Å². The van der Waals surface area contributed by atoms with Crippen LogP contribution in [0.25, 0.3) is 0 Å². The Bertz CT molecular complexity index is 969. The molecule has 0 bridgehead atoms. The zero-order chi connectivity index (χ0) is 18.5. The first-order chi connectivity index (χ1) is 12.5. The molecule has 0 aliphatic carbocycles. The minimum atomic E-state index is -0.643. The fraction of sp³-hybridized carbons (Fsp3) is 0. The number of hydrogen-bond acceptors (Lipinski definition) is 6. The summed E-state index contributed by atoms with van der Waals surface area (Å²) in [5.74, 6) is -1.03. The Morgan fingerprint density at radius 2 is 1.31 bits per heavy atom. The van der Waals surface area contributed by atoms with Crippen LogP contribution in [-0.2, 0) is 0 Å². The molecule has 4 N–H and O–H groups in total. The highest BCUT2D eigenvalue weighted by Gasteiger charge is 2.17. The number of carbonyl (C=O) groups is 2. The smallest absolute Gasteiger partial charge is 0.345 e. The maximum atomic E-state index is 12.3. The fourth-order valence-corrected chi connectivity index (χ4v) is 2.28. The molecule has 3 aromatic rings. The summed E-state index contributed by atoms with van der Waals surface area (Å²) in [7, 11) is 0. The highest BCUT2D eigenvalue weighted by Crippen LogP contribution is 2.29. The summed E-state index contributed by atoms with van der Waals surface area (Å²) >= 11 is 0. The Morgan fingerprint density at radius 1 is 0.692 bits per heavy atom. The molecule has 0 unspecified atom stereocenters. The van der Waals surface area contributed by atoms with Gasteiger partial charge >= 0.3 is 11.9 Å². The van der Waals surface area contributed by atoms with Gasteiger partial charge in [0.05, 0.1) is 11.1 Å². The summed E-state index contributed by atoms with van der Waals surface area (Å²) in [5, 5.41) is 0. The van der Waals surface area contributed by atoms with Crippen molar-refractivity contribution < 1.29 is 19.1 Å². The Kier molecular flexibility index (Phi) is 4.85. The van der Waals surface area contributed by atoms with Crippen LogP contribution in [0.2, 0.25) is 0 Å². The normalized spacial score (nSPS) is 10.2. The van der Waals surface area contributed by atoms with Crippen molar-refractivity contribution in [3.05, 3.63) is 83.9 Å². The number of para-hydroxylation sites is 3. The van der Waals surface area contributed by atoms with Gasteiger partial charge in [0, 0.05) is 11.4 Å². The number of hydrogen-bond donors (Lipinski definition) is 2. The Labute approximate surface area is 150 Å². The van der Waals surface area contributed by atoms with Gasteiger partial charge in [-0.1, -0.05) is 30.3 Å². The second kappa shape index (κ2) is 7.40. The van der Waals surface area contributed by atoms with E-state index in [4.69, 9.17) is 20.9 Å². The predicted octanol–water partition coefficient (Wildman–Crippen LogP) is 3.29. The van der Waals surface area contributed by atoms with E-state index in [-0.39, 0.29) is 17.1 Å². The molecule has 130 valence electrons. The van der Waals surface area contributed by atoms with Crippen LogP contribution in [0.5, 0.6) is 11.5 Å². The molecule has 0 fully saturated rings. The molecule has 6 nitrogen and oxygen atoms in total. The van der Waals surface area contributed by atoms with Crippen LogP contribution in [0, 0.1) is 0 Å². The van der Waals surface area contributed by atoms with Gasteiger partial charge in [-0.2, -0.15) is 0 Å². The summed E-state index contributed by atoms with van der Waals surface area (Å²) in [6, 6.07) is 19.3. The number of esters is 2. The van der Waals surface area contributed by atoms with Crippen LogP contribution in [0.1, 0.15) is 20.7 Å². The predicted molar refractivity (Wildman–Crippen MR) is 98.1 cm³/mol. The molecule has 0 aliphatic rings. The molecular weight excluding hydrogens is 332 g/mol. The quantitative estimate of drug-likeness (QED) is 0.426. The number of nitrogen functional groups attached to an aromatic ring is 2. The van der Waals surface area contributed by atoms with E-state index in [1.54, 1.807) is 54.6 Å². The van der Waals surface area contributed by atoms with Gasteiger partial charge in [-0.25, -0.2) is 9.59 Å². The van der Waals surface area contributed by atoms with Gasteiger partial charge in [0.15, 0.2) is 11.5 Å². The topological polar surface area (TPSA) is 105 Å². The Hall–Kier alpha value is -3.80. The average Bonchev–Trinajstić information content (AvgIpc) is 2.63. The third-order valence-corrected chi connectivity index (χ3v) is 3.56. The number of anilines is 2. The van der Waals surface area contributed by atoms with E-state index in [1.165, 1.54) is 18.2 Å². The van der Waals surface area contributed by atoms with Crippen LogP contribution >= 0.6 is 0 Å². The standard InChI is InChI=1S/C20H16N2O4/c21-14-7-5-6-13(12-14)19(23)25-17-10-3-4-11-18(17)26-20(24)15-8-1-2-9-16(15)22/h1-12H,21-22H2. The van der Waals surface area contributed by atoms with E-state index >= 15 is 0 Å². The second-order valence-corrected chi connectivity index (χ2v) is 5.44. The second-order valence-electron chi connectivity index (χ2n) is 5.44. The molecule has 0 radical (unpaired) electrons. The van der Waals surface area contributed by atoms with E-state index in [0.29, 0.717) is 16.9 Å². The molecule has 3 aromatic carbocycles. The molecule has 0 heterocycles. The number of rotatable bonds is 4. The maximum Gasteiger partial charge on any atom is 0.345 e. The lowest BCUT2D eigenvalue weighted by atomic mass is 10.2. The highest BCUT2D eigenvalue weighted by atomic mass is 16.6. The van der Waals surface area contributed by atoms with E-state index in [1.807, 2.05) is 0 Å². The molecule has 0 saturated carbocycles. The Balaban J connectivity index is 1.81. The third-order valence-electron chi connectivity index (χ3n) is 3.56. The molecule has 0 aromatic heterocycles. The lowest BCUT2D eigenvalue weighted by Crippen LogP contribution is -2.13. The molecule has 3 rings (SSSR count). The van der Waals surface area contributed by atoms with Crippen LogP contribution in [0.4, 0.5) is 11.4 Å². The van der Waals surface area contributed by atoms with Crippen molar-refractivity contribution >= 4 is 23.3 Å². The summed E-state index contributed by atoms with van der Waals surface area (Å²) < 4.78 is 10.7. The first kappa shape index (κ1) is 17.0. The third kappa shape index (κ3) is 3.81.